The van der Waals surface area contributed by atoms with Crippen molar-refractivity contribution in [2.24, 2.45) is 0 Å². The molecule has 24 heavy (non-hydrogen) atoms. The summed E-state index contributed by atoms with van der Waals surface area (Å²) in [6.07, 6.45) is 0.808. The number of benzene rings is 3. The van der Waals surface area contributed by atoms with E-state index in [1.165, 1.54) is 11.6 Å². The molecule has 0 aliphatic carbocycles. The predicted molar refractivity (Wildman–Crippen MR) is 95.9 cm³/mol. The summed E-state index contributed by atoms with van der Waals surface area (Å²) in [6.45, 7) is 0. The van der Waals surface area contributed by atoms with Crippen LogP contribution in [0.3, 0.4) is 0 Å². The lowest BCUT2D eigenvalue weighted by Gasteiger charge is -2.19. The minimum Gasteiger partial charge on any atom is -0.393 e. The third kappa shape index (κ3) is 3.43. The monoisotopic (exact) mass is 318 g/mol. The van der Waals surface area contributed by atoms with Crippen LogP contribution in [0.4, 0.5) is 11.4 Å². The van der Waals surface area contributed by atoms with Gasteiger partial charge in [-0.25, -0.2) is 0 Å². The summed E-state index contributed by atoms with van der Waals surface area (Å²) in [6, 6.07) is 25.3. The zero-order valence-corrected chi connectivity index (χ0v) is 13.1. The molecule has 0 saturated heterocycles. The molecule has 2 N–H and O–H groups in total. The molecule has 0 spiro atoms. The van der Waals surface area contributed by atoms with Gasteiger partial charge in [0, 0.05) is 12.0 Å². The minimum atomic E-state index is -0.451. The molecule has 0 heterocycles. The SMILES string of the molecule is Nc1cc(C(Cc2ccccc2)c2ccccc2)ccc1[N+](=O)[O-]. The van der Waals surface area contributed by atoms with Gasteiger partial charge in [0.05, 0.1) is 4.92 Å². The molecule has 3 aromatic rings. The van der Waals surface area contributed by atoms with Gasteiger partial charge in [0.15, 0.2) is 0 Å². The Labute approximate surface area is 140 Å². The lowest BCUT2D eigenvalue weighted by Crippen LogP contribution is -2.06. The first kappa shape index (κ1) is 15.7. The number of rotatable bonds is 5. The molecule has 1 atom stereocenters. The number of nitrogen functional groups attached to an aromatic ring is 1. The zero-order valence-electron chi connectivity index (χ0n) is 13.1. The Morgan fingerprint density at radius 3 is 2.08 bits per heavy atom. The Morgan fingerprint density at radius 1 is 0.875 bits per heavy atom. The maximum absolute atomic E-state index is 11.0. The van der Waals surface area contributed by atoms with Crippen LogP contribution < -0.4 is 5.73 Å². The van der Waals surface area contributed by atoms with E-state index in [1.807, 2.05) is 36.4 Å². The summed E-state index contributed by atoms with van der Waals surface area (Å²) in [5.74, 6) is 0.0942. The quantitative estimate of drug-likeness (QED) is 0.426. The van der Waals surface area contributed by atoms with Crippen LogP contribution in [0.15, 0.2) is 78.9 Å². The number of nitro groups is 1. The molecule has 0 radical (unpaired) electrons. The van der Waals surface area contributed by atoms with E-state index in [9.17, 15) is 10.1 Å². The Kier molecular flexibility index (Phi) is 4.57. The average molecular weight is 318 g/mol. The molecule has 0 aromatic heterocycles. The average Bonchev–Trinajstić information content (AvgIpc) is 2.61. The lowest BCUT2D eigenvalue weighted by molar-refractivity contribution is -0.383. The Bertz CT molecular complexity index is 833. The van der Waals surface area contributed by atoms with Crippen LogP contribution in [0, 0.1) is 10.1 Å². The van der Waals surface area contributed by atoms with Crippen molar-refractivity contribution >= 4 is 11.4 Å². The first-order chi connectivity index (χ1) is 11.6. The van der Waals surface area contributed by atoms with Crippen LogP contribution in [0.2, 0.25) is 0 Å². The topological polar surface area (TPSA) is 69.2 Å². The normalized spacial score (nSPS) is 11.8. The zero-order chi connectivity index (χ0) is 16.9. The first-order valence-electron chi connectivity index (χ1n) is 7.78. The maximum atomic E-state index is 11.0. The van der Waals surface area contributed by atoms with E-state index in [0.29, 0.717) is 0 Å². The Hall–Kier alpha value is -3.14. The van der Waals surface area contributed by atoms with E-state index in [-0.39, 0.29) is 17.3 Å². The number of nitro benzene ring substituents is 1. The fraction of sp³-hybridized carbons (Fsp3) is 0.100. The molecule has 3 aromatic carbocycles. The molecule has 0 bridgehead atoms. The van der Waals surface area contributed by atoms with Crippen molar-refractivity contribution in [3.05, 3.63) is 106 Å². The highest BCUT2D eigenvalue weighted by molar-refractivity contribution is 5.60. The standard InChI is InChI=1S/C20H18N2O2/c21-19-14-17(11-12-20(19)22(23)24)18(16-9-5-2-6-10-16)13-15-7-3-1-4-8-15/h1-12,14,18H,13,21H2. The summed E-state index contributed by atoms with van der Waals surface area (Å²) in [7, 11) is 0. The van der Waals surface area contributed by atoms with Crippen molar-refractivity contribution in [1.82, 2.24) is 0 Å². The van der Waals surface area contributed by atoms with Gasteiger partial charge in [-0.3, -0.25) is 10.1 Å². The lowest BCUT2D eigenvalue weighted by atomic mass is 9.85. The maximum Gasteiger partial charge on any atom is 0.292 e. The second-order valence-electron chi connectivity index (χ2n) is 5.73. The minimum absolute atomic E-state index is 0.0507. The number of nitrogens with two attached hydrogens (primary N) is 1. The van der Waals surface area contributed by atoms with Crippen molar-refractivity contribution in [1.29, 1.82) is 0 Å². The molecule has 0 aliphatic heterocycles. The highest BCUT2D eigenvalue weighted by atomic mass is 16.6. The molecule has 4 nitrogen and oxygen atoms in total. The van der Waals surface area contributed by atoms with Crippen molar-refractivity contribution in [3.8, 4) is 0 Å². The Morgan fingerprint density at radius 2 is 1.50 bits per heavy atom. The predicted octanol–water partition coefficient (Wildman–Crippen LogP) is 4.55. The largest absolute Gasteiger partial charge is 0.393 e. The van der Waals surface area contributed by atoms with Crippen LogP contribution >= 0.6 is 0 Å². The van der Waals surface area contributed by atoms with Gasteiger partial charge in [-0.2, -0.15) is 0 Å². The van der Waals surface area contributed by atoms with Gasteiger partial charge >= 0.3 is 0 Å². The van der Waals surface area contributed by atoms with E-state index in [1.54, 1.807) is 12.1 Å². The number of nitrogens with zero attached hydrogens (tertiary/aromatic N) is 1. The van der Waals surface area contributed by atoms with Gasteiger partial charge in [-0.1, -0.05) is 66.7 Å². The first-order valence-corrected chi connectivity index (χ1v) is 7.78. The third-order valence-corrected chi connectivity index (χ3v) is 4.14. The molecule has 4 heteroatoms. The van der Waals surface area contributed by atoms with Crippen LogP contribution in [-0.4, -0.2) is 4.92 Å². The van der Waals surface area contributed by atoms with Crippen molar-refractivity contribution in [3.63, 3.8) is 0 Å². The van der Waals surface area contributed by atoms with Crippen LogP contribution in [0.25, 0.3) is 0 Å². The fourth-order valence-electron chi connectivity index (χ4n) is 2.92. The van der Waals surface area contributed by atoms with Gasteiger partial charge in [0.1, 0.15) is 5.69 Å². The highest BCUT2D eigenvalue weighted by Crippen LogP contribution is 2.32. The highest BCUT2D eigenvalue weighted by Gasteiger charge is 2.18. The second kappa shape index (κ2) is 6.96. The van der Waals surface area contributed by atoms with Gasteiger partial charge < -0.3 is 5.73 Å². The van der Waals surface area contributed by atoms with Gasteiger partial charge in [0.2, 0.25) is 0 Å². The Balaban J connectivity index is 2.01. The van der Waals surface area contributed by atoms with Gasteiger partial charge in [-0.15, -0.1) is 0 Å². The fourth-order valence-corrected chi connectivity index (χ4v) is 2.92. The third-order valence-electron chi connectivity index (χ3n) is 4.14. The molecular formula is C20H18N2O2. The molecule has 3 rings (SSSR count). The molecule has 0 amide bonds. The summed E-state index contributed by atoms with van der Waals surface area (Å²) >= 11 is 0. The molecule has 0 saturated carbocycles. The smallest absolute Gasteiger partial charge is 0.292 e. The van der Waals surface area contributed by atoms with Crippen molar-refractivity contribution in [2.45, 2.75) is 12.3 Å². The summed E-state index contributed by atoms with van der Waals surface area (Å²) in [5.41, 5.74) is 9.39. The summed E-state index contributed by atoms with van der Waals surface area (Å²) in [5, 5.41) is 11.0. The molecular weight excluding hydrogens is 300 g/mol. The number of hydrogen-bond donors (Lipinski definition) is 1. The van der Waals surface area contributed by atoms with E-state index in [2.05, 4.69) is 24.3 Å². The van der Waals surface area contributed by atoms with Crippen molar-refractivity contribution < 1.29 is 4.92 Å². The van der Waals surface area contributed by atoms with Gasteiger partial charge in [-0.05, 0) is 29.2 Å². The number of anilines is 1. The molecule has 0 aliphatic rings. The summed E-state index contributed by atoms with van der Waals surface area (Å²) < 4.78 is 0. The van der Waals surface area contributed by atoms with E-state index < -0.39 is 4.92 Å². The van der Waals surface area contributed by atoms with E-state index in [4.69, 9.17) is 5.73 Å². The van der Waals surface area contributed by atoms with Crippen LogP contribution in [-0.2, 0) is 6.42 Å². The second-order valence-corrected chi connectivity index (χ2v) is 5.73. The molecule has 0 fully saturated rings. The van der Waals surface area contributed by atoms with E-state index in [0.717, 1.165) is 17.5 Å². The van der Waals surface area contributed by atoms with Crippen LogP contribution in [0.1, 0.15) is 22.6 Å². The molecule has 1 unspecified atom stereocenters. The van der Waals surface area contributed by atoms with Crippen LogP contribution in [0.5, 0.6) is 0 Å². The number of hydrogen-bond acceptors (Lipinski definition) is 3. The van der Waals surface area contributed by atoms with Gasteiger partial charge in [0.25, 0.3) is 5.69 Å². The van der Waals surface area contributed by atoms with Crippen molar-refractivity contribution in [2.75, 3.05) is 5.73 Å². The summed E-state index contributed by atoms with van der Waals surface area (Å²) in [4.78, 5) is 10.5. The van der Waals surface area contributed by atoms with E-state index >= 15 is 0 Å². The molecule has 120 valence electrons.